The maximum atomic E-state index is 12.9. The van der Waals surface area contributed by atoms with Crippen molar-refractivity contribution < 1.29 is 17.6 Å². The molecule has 0 aliphatic rings. The molecule has 2 rings (SSSR count). The average molecular weight is 413 g/mol. The molecule has 1 aromatic carbocycles. The summed E-state index contributed by atoms with van der Waals surface area (Å²) in [5, 5.41) is 2.95. The van der Waals surface area contributed by atoms with E-state index in [1.807, 2.05) is 0 Å². The highest BCUT2D eigenvalue weighted by atomic mass is 79.9. The lowest BCUT2D eigenvalue weighted by Crippen LogP contribution is -2.18. The van der Waals surface area contributed by atoms with Crippen LogP contribution >= 0.6 is 31.9 Å². The molecule has 2 nitrogen and oxygen atoms in total. The van der Waals surface area contributed by atoms with E-state index in [4.69, 9.17) is 4.42 Å². The highest BCUT2D eigenvalue weighted by molar-refractivity contribution is 9.10. The van der Waals surface area contributed by atoms with E-state index in [1.165, 1.54) is 6.07 Å². The van der Waals surface area contributed by atoms with Gasteiger partial charge in [0, 0.05) is 4.47 Å². The monoisotopic (exact) mass is 411 g/mol. The van der Waals surface area contributed by atoms with Crippen LogP contribution in [0.15, 0.2) is 43.9 Å². The van der Waals surface area contributed by atoms with Crippen molar-refractivity contribution in [2.24, 2.45) is 0 Å². The summed E-state index contributed by atoms with van der Waals surface area (Å²) in [5.41, 5.74) is -0.231. The Morgan fingerprint density at radius 3 is 2.35 bits per heavy atom. The van der Waals surface area contributed by atoms with Crippen LogP contribution in [0.2, 0.25) is 0 Å². The number of hydrogen-bond acceptors (Lipinski definition) is 2. The first-order valence-electron chi connectivity index (χ1n) is 5.62. The molecule has 0 saturated carbocycles. The maximum Gasteiger partial charge on any atom is 0.417 e. The zero-order chi connectivity index (χ0) is 14.9. The van der Waals surface area contributed by atoms with Gasteiger partial charge >= 0.3 is 6.18 Å². The van der Waals surface area contributed by atoms with E-state index in [0.29, 0.717) is 16.0 Å². The third kappa shape index (κ3) is 3.27. The highest BCUT2D eigenvalue weighted by Gasteiger charge is 2.33. The lowest BCUT2D eigenvalue weighted by molar-refractivity contribution is -0.138. The van der Waals surface area contributed by atoms with Crippen LogP contribution < -0.4 is 5.32 Å². The predicted octanol–water partition coefficient (Wildman–Crippen LogP) is 5.13. The number of furan rings is 1. The minimum Gasteiger partial charge on any atom is -0.452 e. The lowest BCUT2D eigenvalue weighted by Gasteiger charge is -2.17. The minimum absolute atomic E-state index is 0.0178. The van der Waals surface area contributed by atoms with E-state index >= 15 is 0 Å². The number of hydrogen-bond donors (Lipinski definition) is 1. The van der Waals surface area contributed by atoms with Gasteiger partial charge in [0.15, 0.2) is 4.67 Å². The first kappa shape index (κ1) is 15.6. The molecule has 2 aromatic rings. The average Bonchev–Trinajstić information content (AvgIpc) is 2.77. The van der Waals surface area contributed by atoms with Gasteiger partial charge in [-0.3, -0.25) is 0 Å². The molecule has 0 bridgehead atoms. The Hall–Kier alpha value is -0.790. The minimum atomic E-state index is -4.41. The Morgan fingerprint density at radius 1 is 1.15 bits per heavy atom. The van der Waals surface area contributed by atoms with Gasteiger partial charge in [-0.2, -0.15) is 13.2 Å². The van der Waals surface area contributed by atoms with Gasteiger partial charge in [0.25, 0.3) is 0 Å². The van der Waals surface area contributed by atoms with Crippen LogP contribution in [0.4, 0.5) is 13.2 Å². The van der Waals surface area contributed by atoms with E-state index in [9.17, 15) is 13.2 Å². The van der Waals surface area contributed by atoms with Crippen molar-refractivity contribution in [2.45, 2.75) is 12.2 Å². The molecule has 0 spiro atoms. The van der Waals surface area contributed by atoms with Crippen molar-refractivity contribution in [3.8, 4) is 0 Å². The second kappa shape index (κ2) is 5.91. The molecule has 0 amide bonds. The van der Waals surface area contributed by atoms with E-state index < -0.39 is 17.8 Å². The number of nitrogens with one attached hydrogen (secondary N) is 1. The SMILES string of the molecule is CNC(c1ccc(Br)c(C(F)(F)F)c1)c1ccc(Br)o1. The van der Waals surface area contributed by atoms with Crippen molar-refractivity contribution in [3.63, 3.8) is 0 Å². The standard InChI is InChI=1S/C13H10Br2F3NO/c1-19-12(10-4-5-11(15)20-10)7-2-3-9(14)8(6-7)13(16,17)18/h2-6,12,19H,1H3. The quantitative estimate of drug-likeness (QED) is 0.755. The van der Waals surface area contributed by atoms with Gasteiger partial charge < -0.3 is 9.73 Å². The summed E-state index contributed by atoms with van der Waals surface area (Å²) in [4.78, 5) is 0. The van der Waals surface area contributed by atoms with Gasteiger partial charge in [-0.1, -0.05) is 22.0 Å². The molecule has 0 fully saturated rings. The van der Waals surface area contributed by atoms with E-state index in [2.05, 4.69) is 37.2 Å². The molecule has 20 heavy (non-hydrogen) atoms. The summed E-state index contributed by atoms with van der Waals surface area (Å²) < 4.78 is 44.7. The molecule has 1 unspecified atom stereocenters. The van der Waals surface area contributed by atoms with Crippen LogP contribution in [0.5, 0.6) is 0 Å². The van der Waals surface area contributed by atoms with Gasteiger partial charge in [-0.15, -0.1) is 0 Å². The summed E-state index contributed by atoms with van der Waals surface area (Å²) in [5.74, 6) is 0.537. The number of benzene rings is 1. The molecule has 0 radical (unpaired) electrons. The van der Waals surface area contributed by atoms with E-state index in [1.54, 1.807) is 25.2 Å². The molecule has 108 valence electrons. The van der Waals surface area contributed by atoms with E-state index in [0.717, 1.165) is 6.07 Å². The van der Waals surface area contributed by atoms with Gasteiger partial charge in [0.2, 0.25) is 0 Å². The molecular weight excluding hydrogens is 403 g/mol. The fourth-order valence-electron chi connectivity index (χ4n) is 1.90. The molecule has 1 aromatic heterocycles. The molecule has 0 aliphatic heterocycles. The van der Waals surface area contributed by atoms with Crippen LogP contribution in [-0.2, 0) is 6.18 Å². The number of halogens is 5. The molecule has 1 heterocycles. The molecule has 1 atom stereocenters. The summed E-state index contributed by atoms with van der Waals surface area (Å²) in [6.45, 7) is 0. The van der Waals surface area contributed by atoms with Crippen molar-refractivity contribution >= 4 is 31.9 Å². The summed E-state index contributed by atoms with van der Waals surface area (Å²) in [6.07, 6.45) is -4.41. The molecule has 7 heteroatoms. The molecule has 0 saturated heterocycles. The van der Waals surface area contributed by atoms with E-state index in [-0.39, 0.29) is 4.47 Å². The second-order valence-corrected chi connectivity index (χ2v) is 5.74. The predicted molar refractivity (Wildman–Crippen MR) is 76.5 cm³/mol. The van der Waals surface area contributed by atoms with Crippen LogP contribution in [0.1, 0.15) is 22.9 Å². The van der Waals surface area contributed by atoms with Gasteiger partial charge in [0.05, 0.1) is 11.6 Å². The summed E-state index contributed by atoms with van der Waals surface area (Å²) >= 11 is 6.10. The Labute approximate surface area is 130 Å². The molecule has 0 aliphatic carbocycles. The number of rotatable bonds is 3. The van der Waals surface area contributed by atoms with Gasteiger partial charge in [-0.25, -0.2) is 0 Å². The first-order valence-corrected chi connectivity index (χ1v) is 7.20. The van der Waals surface area contributed by atoms with Crippen molar-refractivity contribution in [1.82, 2.24) is 5.32 Å². The largest absolute Gasteiger partial charge is 0.452 e. The first-order chi connectivity index (χ1) is 9.32. The third-order valence-corrected chi connectivity index (χ3v) is 3.91. The van der Waals surface area contributed by atoms with Crippen molar-refractivity contribution in [3.05, 3.63) is 56.4 Å². The lowest BCUT2D eigenvalue weighted by atomic mass is 10.0. The molecular formula is C13H10Br2F3NO. The van der Waals surface area contributed by atoms with Crippen molar-refractivity contribution in [1.29, 1.82) is 0 Å². The normalized spacial score (nSPS) is 13.5. The number of alkyl halides is 3. The van der Waals surface area contributed by atoms with Crippen LogP contribution in [0, 0.1) is 0 Å². The highest BCUT2D eigenvalue weighted by Crippen LogP contribution is 2.37. The topological polar surface area (TPSA) is 25.2 Å². The molecule has 1 N–H and O–H groups in total. The van der Waals surface area contributed by atoms with Crippen LogP contribution in [-0.4, -0.2) is 7.05 Å². The zero-order valence-corrected chi connectivity index (χ0v) is 13.4. The van der Waals surface area contributed by atoms with Gasteiger partial charge in [0.1, 0.15) is 5.76 Å². The third-order valence-electron chi connectivity index (χ3n) is 2.80. The Balaban J connectivity index is 2.46. The second-order valence-electron chi connectivity index (χ2n) is 4.10. The fourth-order valence-corrected chi connectivity index (χ4v) is 2.69. The van der Waals surface area contributed by atoms with Gasteiger partial charge in [-0.05, 0) is 52.8 Å². The fraction of sp³-hybridized carbons (Fsp3) is 0.231. The summed E-state index contributed by atoms with van der Waals surface area (Å²) in [7, 11) is 1.66. The Kier molecular flexibility index (Phi) is 4.61. The summed E-state index contributed by atoms with van der Waals surface area (Å²) in [6, 6.07) is 7.08. The smallest absolute Gasteiger partial charge is 0.417 e. The van der Waals surface area contributed by atoms with Crippen LogP contribution in [0.3, 0.4) is 0 Å². The van der Waals surface area contributed by atoms with Crippen molar-refractivity contribution in [2.75, 3.05) is 7.05 Å². The Morgan fingerprint density at radius 2 is 1.85 bits per heavy atom. The Bertz CT molecular complexity index is 610. The van der Waals surface area contributed by atoms with Crippen LogP contribution in [0.25, 0.3) is 0 Å². The zero-order valence-electron chi connectivity index (χ0n) is 10.3. The maximum absolute atomic E-state index is 12.9.